The highest BCUT2D eigenvalue weighted by Gasteiger charge is 2.06. The van der Waals surface area contributed by atoms with Gasteiger partial charge < -0.3 is 20.1 Å². The Balaban J connectivity index is 2.28. The first-order valence-electron chi connectivity index (χ1n) is 6.37. The molecule has 1 aromatic carbocycles. The summed E-state index contributed by atoms with van der Waals surface area (Å²) in [4.78, 5) is 11.6. The van der Waals surface area contributed by atoms with E-state index >= 15 is 0 Å². The molecule has 19 heavy (non-hydrogen) atoms. The van der Waals surface area contributed by atoms with E-state index in [1.54, 1.807) is 7.11 Å². The maximum absolute atomic E-state index is 11.6. The Labute approximate surface area is 114 Å². The van der Waals surface area contributed by atoms with Crippen molar-refractivity contribution in [3.63, 3.8) is 0 Å². The van der Waals surface area contributed by atoms with Gasteiger partial charge in [-0.25, -0.2) is 0 Å². The fourth-order valence-corrected chi connectivity index (χ4v) is 1.45. The van der Waals surface area contributed by atoms with Crippen LogP contribution in [0.2, 0.25) is 0 Å². The van der Waals surface area contributed by atoms with Gasteiger partial charge in [0, 0.05) is 12.6 Å². The zero-order valence-corrected chi connectivity index (χ0v) is 11.7. The minimum atomic E-state index is -0.0167. The quantitative estimate of drug-likeness (QED) is 0.742. The summed E-state index contributed by atoms with van der Waals surface area (Å²) in [5.41, 5.74) is 0. The van der Waals surface area contributed by atoms with Crippen molar-refractivity contribution in [1.82, 2.24) is 10.6 Å². The van der Waals surface area contributed by atoms with E-state index in [0.717, 1.165) is 0 Å². The molecule has 0 aliphatic heterocycles. The summed E-state index contributed by atoms with van der Waals surface area (Å²) in [6.45, 7) is 2.95. The Kier molecular flexibility index (Phi) is 6.74. The number of para-hydroxylation sites is 2. The first-order chi connectivity index (χ1) is 9.17. The molecule has 1 unspecified atom stereocenters. The van der Waals surface area contributed by atoms with Gasteiger partial charge in [0.25, 0.3) is 0 Å². The second-order valence-electron chi connectivity index (χ2n) is 4.24. The molecule has 0 spiro atoms. The second kappa shape index (κ2) is 8.37. The largest absolute Gasteiger partial charge is 0.493 e. The molecule has 0 aliphatic carbocycles. The molecule has 1 atom stereocenters. The van der Waals surface area contributed by atoms with Gasteiger partial charge in [-0.1, -0.05) is 12.1 Å². The van der Waals surface area contributed by atoms with E-state index in [2.05, 4.69) is 10.6 Å². The number of likely N-dealkylation sites (N-methyl/N-ethyl adjacent to an activating group) is 1. The van der Waals surface area contributed by atoms with Gasteiger partial charge in [0.2, 0.25) is 5.91 Å². The molecule has 1 rings (SSSR count). The molecule has 1 amide bonds. The molecular formula is C14H22N2O3. The zero-order chi connectivity index (χ0) is 14.1. The number of carbonyl (C=O) groups excluding carboxylic acids is 1. The van der Waals surface area contributed by atoms with E-state index < -0.39 is 0 Å². The van der Waals surface area contributed by atoms with Crippen molar-refractivity contribution in [3.05, 3.63) is 24.3 Å². The summed E-state index contributed by atoms with van der Waals surface area (Å²) in [5.74, 6) is 1.31. The first kappa shape index (κ1) is 15.3. The van der Waals surface area contributed by atoms with E-state index in [0.29, 0.717) is 31.1 Å². The van der Waals surface area contributed by atoms with Gasteiger partial charge in [-0.05, 0) is 26.1 Å². The van der Waals surface area contributed by atoms with E-state index in [1.165, 1.54) is 0 Å². The van der Waals surface area contributed by atoms with Crippen LogP contribution in [-0.2, 0) is 4.79 Å². The van der Waals surface area contributed by atoms with Gasteiger partial charge in [-0.15, -0.1) is 0 Å². The summed E-state index contributed by atoms with van der Waals surface area (Å²) < 4.78 is 10.7. The molecule has 0 heterocycles. The van der Waals surface area contributed by atoms with Gasteiger partial charge in [-0.2, -0.15) is 0 Å². The maximum atomic E-state index is 11.6. The van der Waals surface area contributed by atoms with Gasteiger partial charge in [0.1, 0.15) is 0 Å². The summed E-state index contributed by atoms with van der Waals surface area (Å²) in [6, 6.07) is 7.65. The van der Waals surface area contributed by atoms with Crippen molar-refractivity contribution < 1.29 is 14.3 Å². The molecule has 1 aromatic rings. The van der Waals surface area contributed by atoms with Crippen molar-refractivity contribution >= 4 is 5.91 Å². The van der Waals surface area contributed by atoms with E-state index in [-0.39, 0.29) is 11.9 Å². The first-order valence-corrected chi connectivity index (χ1v) is 6.37. The molecule has 0 bridgehead atoms. The summed E-state index contributed by atoms with van der Waals surface area (Å²) in [7, 11) is 3.45. The third-order valence-electron chi connectivity index (χ3n) is 2.75. The molecule has 0 radical (unpaired) electrons. The predicted octanol–water partition coefficient (Wildman–Crippen LogP) is 1.19. The minimum absolute atomic E-state index is 0.0167. The Bertz CT molecular complexity index is 396. The van der Waals surface area contributed by atoms with E-state index in [1.807, 2.05) is 38.2 Å². The Hall–Kier alpha value is -1.75. The predicted molar refractivity (Wildman–Crippen MR) is 74.6 cm³/mol. The SMILES string of the molecule is CNC(C)CNC(=O)CCOc1ccccc1OC. The van der Waals surface area contributed by atoms with Crippen LogP contribution in [0.1, 0.15) is 13.3 Å². The lowest BCUT2D eigenvalue weighted by Gasteiger charge is -2.12. The maximum Gasteiger partial charge on any atom is 0.223 e. The average Bonchev–Trinajstić information content (AvgIpc) is 2.45. The molecule has 0 fully saturated rings. The van der Waals surface area contributed by atoms with Crippen LogP contribution in [-0.4, -0.2) is 39.3 Å². The number of rotatable bonds is 8. The Morgan fingerprint density at radius 1 is 1.32 bits per heavy atom. The third-order valence-corrected chi connectivity index (χ3v) is 2.75. The van der Waals surface area contributed by atoms with Crippen LogP contribution in [0.3, 0.4) is 0 Å². The number of ether oxygens (including phenoxy) is 2. The molecule has 0 saturated carbocycles. The van der Waals surface area contributed by atoms with Crippen LogP contribution in [0.4, 0.5) is 0 Å². The molecule has 5 heteroatoms. The lowest BCUT2D eigenvalue weighted by Crippen LogP contribution is -2.37. The van der Waals surface area contributed by atoms with Crippen molar-refractivity contribution in [2.24, 2.45) is 0 Å². The zero-order valence-electron chi connectivity index (χ0n) is 11.7. The average molecular weight is 266 g/mol. The van der Waals surface area contributed by atoms with Crippen LogP contribution in [0.25, 0.3) is 0 Å². The van der Waals surface area contributed by atoms with Crippen molar-refractivity contribution in [1.29, 1.82) is 0 Å². The normalized spacial score (nSPS) is 11.7. The van der Waals surface area contributed by atoms with Crippen LogP contribution >= 0.6 is 0 Å². The molecule has 5 nitrogen and oxygen atoms in total. The highest BCUT2D eigenvalue weighted by Crippen LogP contribution is 2.25. The highest BCUT2D eigenvalue weighted by atomic mass is 16.5. The molecule has 0 saturated heterocycles. The summed E-state index contributed by atoms with van der Waals surface area (Å²) in [5, 5.41) is 5.89. The second-order valence-corrected chi connectivity index (χ2v) is 4.24. The molecule has 0 aromatic heterocycles. The lowest BCUT2D eigenvalue weighted by atomic mass is 10.3. The Morgan fingerprint density at radius 2 is 2.00 bits per heavy atom. The number of nitrogens with one attached hydrogen (secondary N) is 2. The fourth-order valence-electron chi connectivity index (χ4n) is 1.45. The smallest absolute Gasteiger partial charge is 0.223 e. The number of benzene rings is 1. The van der Waals surface area contributed by atoms with Gasteiger partial charge in [0.05, 0.1) is 20.1 Å². The van der Waals surface area contributed by atoms with Crippen LogP contribution in [0, 0.1) is 0 Å². The highest BCUT2D eigenvalue weighted by molar-refractivity contribution is 5.76. The van der Waals surface area contributed by atoms with Gasteiger partial charge in [0.15, 0.2) is 11.5 Å². The standard InChI is InChI=1S/C14H22N2O3/c1-11(15-2)10-16-14(17)8-9-19-13-7-5-4-6-12(13)18-3/h4-7,11,15H,8-10H2,1-3H3,(H,16,17). The third kappa shape index (κ3) is 5.61. The monoisotopic (exact) mass is 266 g/mol. The fraction of sp³-hybridized carbons (Fsp3) is 0.500. The summed E-state index contributed by atoms with van der Waals surface area (Å²) >= 11 is 0. The number of hydrogen-bond donors (Lipinski definition) is 2. The van der Waals surface area contributed by atoms with E-state index in [4.69, 9.17) is 9.47 Å². The van der Waals surface area contributed by atoms with Crippen LogP contribution < -0.4 is 20.1 Å². The van der Waals surface area contributed by atoms with Gasteiger partial charge in [-0.3, -0.25) is 4.79 Å². The van der Waals surface area contributed by atoms with Crippen molar-refractivity contribution in [2.45, 2.75) is 19.4 Å². The van der Waals surface area contributed by atoms with Crippen LogP contribution in [0.15, 0.2) is 24.3 Å². The summed E-state index contributed by atoms with van der Waals surface area (Å²) in [6.07, 6.45) is 0.328. The van der Waals surface area contributed by atoms with Crippen molar-refractivity contribution in [2.75, 3.05) is 27.3 Å². The Morgan fingerprint density at radius 3 is 2.63 bits per heavy atom. The number of methoxy groups -OCH3 is 1. The van der Waals surface area contributed by atoms with Crippen LogP contribution in [0.5, 0.6) is 11.5 Å². The number of amides is 1. The molecule has 0 aliphatic rings. The van der Waals surface area contributed by atoms with E-state index in [9.17, 15) is 4.79 Å². The molecule has 2 N–H and O–H groups in total. The molecular weight excluding hydrogens is 244 g/mol. The van der Waals surface area contributed by atoms with Crippen molar-refractivity contribution in [3.8, 4) is 11.5 Å². The van der Waals surface area contributed by atoms with Gasteiger partial charge >= 0.3 is 0 Å². The lowest BCUT2D eigenvalue weighted by molar-refractivity contribution is -0.121. The number of carbonyl (C=O) groups is 1. The minimum Gasteiger partial charge on any atom is -0.493 e. The number of hydrogen-bond acceptors (Lipinski definition) is 4. The topological polar surface area (TPSA) is 59.6 Å². The molecule has 106 valence electrons.